The van der Waals surface area contributed by atoms with Crippen LogP contribution in [0.15, 0.2) is 0 Å². The van der Waals surface area contributed by atoms with Gasteiger partial charge in [0.2, 0.25) is 0 Å². The van der Waals surface area contributed by atoms with Crippen molar-refractivity contribution in [1.82, 2.24) is 5.32 Å². The maximum absolute atomic E-state index is 5.36. The number of hydrogen-bond acceptors (Lipinski definition) is 2. The van der Waals surface area contributed by atoms with Crippen molar-refractivity contribution in [3.05, 3.63) is 0 Å². The smallest absolute Gasteiger partial charge is 0.0468 e. The highest BCUT2D eigenvalue weighted by Gasteiger charge is 2.18. The zero-order chi connectivity index (χ0) is 8.93. The third-order valence-electron chi connectivity index (χ3n) is 3.43. The summed E-state index contributed by atoms with van der Waals surface area (Å²) in [6.07, 6.45) is 8.20. The fourth-order valence-corrected chi connectivity index (χ4v) is 2.48. The van der Waals surface area contributed by atoms with Crippen LogP contribution in [0.2, 0.25) is 0 Å². The van der Waals surface area contributed by atoms with Gasteiger partial charge in [0.05, 0.1) is 0 Å². The van der Waals surface area contributed by atoms with Crippen LogP contribution >= 0.6 is 12.4 Å². The number of rotatable bonds is 3. The summed E-state index contributed by atoms with van der Waals surface area (Å²) in [6.45, 7) is 3.25. The van der Waals surface area contributed by atoms with E-state index in [1.807, 2.05) is 0 Å². The topological polar surface area (TPSA) is 21.3 Å². The molecule has 0 aromatic carbocycles. The molecule has 1 N–H and O–H groups in total. The lowest BCUT2D eigenvalue weighted by Crippen LogP contribution is -2.23. The van der Waals surface area contributed by atoms with Gasteiger partial charge in [-0.3, -0.25) is 0 Å². The molecule has 2 saturated heterocycles. The van der Waals surface area contributed by atoms with Crippen LogP contribution < -0.4 is 5.32 Å². The molecule has 0 bridgehead atoms. The van der Waals surface area contributed by atoms with Gasteiger partial charge in [0.1, 0.15) is 0 Å². The molecule has 0 saturated carbocycles. The molecule has 2 rings (SSSR count). The van der Waals surface area contributed by atoms with Crippen LogP contribution in [0.4, 0.5) is 0 Å². The fraction of sp³-hybridized carbons (Fsp3) is 1.00. The summed E-state index contributed by atoms with van der Waals surface area (Å²) in [5.41, 5.74) is 0. The SMILES string of the molecule is C1CNC(CCC2CCOCC2)C1.Cl. The van der Waals surface area contributed by atoms with E-state index in [-0.39, 0.29) is 12.4 Å². The second-order valence-corrected chi connectivity index (χ2v) is 4.43. The summed E-state index contributed by atoms with van der Waals surface area (Å²) in [6, 6.07) is 0.836. The van der Waals surface area contributed by atoms with Crippen molar-refractivity contribution in [2.45, 2.75) is 44.6 Å². The Morgan fingerprint density at radius 2 is 1.86 bits per heavy atom. The molecule has 0 spiro atoms. The zero-order valence-electron chi connectivity index (χ0n) is 8.84. The van der Waals surface area contributed by atoms with Gasteiger partial charge in [0.25, 0.3) is 0 Å². The highest BCUT2D eigenvalue weighted by molar-refractivity contribution is 5.85. The second kappa shape index (κ2) is 6.65. The van der Waals surface area contributed by atoms with Gasteiger partial charge in [-0.1, -0.05) is 0 Å². The summed E-state index contributed by atoms with van der Waals surface area (Å²) >= 11 is 0. The standard InChI is InChI=1S/C11H21NO.ClH/c1-2-11(12-7-1)4-3-10-5-8-13-9-6-10;/h10-12H,1-9H2;1H. The first-order valence-electron chi connectivity index (χ1n) is 5.76. The van der Waals surface area contributed by atoms with Gasteiger partial charge in [0, 0.05) is 19.3 Å². The van der Waals surface area contributed by atoms with E-state index >= 15 is 0 Å². The molecule has 1 unspecified atom stereocenters. The van der Waals surface area contributed by atoms with Gasteiger partial charge in [-0.15, -0.1) is 12.4 Å². The summed E-state index contributed by atoms with van der Waals surface area (Å²) < 4.78 is 5.36. The van der Waals surface area contributed by atoms with Crippen LogP contribution in [0.25, 0.3) is 0 Å². The molecular formula is C11H22ClNO. The molecule has 2 aliphatic rings. The molecule has 1 atom stereocenters. The minimum atomic E-state index is 0. The average Bonchev–Trinajstić information content (AvgIpc) is 2.69. The minimum absolute atomic E-state index is 0. The second-order valence-electron chi connectivity index (χ2n) is 4.43. The van der Waals surface area contributed by atoms with E-state index in [1.54, 1.807) is 0 Å². The Balaban J connectivity index is 0.000000980. The van der Waals surface area contributed by atoms with Gasteiger partial charge >= 0.3 is 0 Å². The maximum atomic E-state index is 5.36. The van der Waals surface area contributed by atoms with Crippen molar-refractivity contribution in [3.63, 3.8) is 0 Å². The zero-order valence-corrected chi connectivity index (χ0v) is 9.65. The molecule has 2 nitrogen and oxygen atoms in total. The van der Waals surface area contributed by atoms with Crippen molar-refractivity contribution in [2.75, 3.05) is 19.8 Å². The highest BCUT2D eigenvalue weighted by Crippen LogP contribution is 2.22. The van der Waals surface area contributed by atoms with Crippen LogP contribution in [0.1, 0.15) is 38.5 Å². The van der Waals surface area contributed by atoms with Gasteiger partial charge < -0.3 is 10.1 Å². The molecule has 14 heavy (non-hydrogen) atoms. The molecule has 84 valence electrons. The van der Waals surface area contributed by atoms with Crippen LogP contribution in [0.3, 0.4) is 0 Å². The van der Waals surface area contributed by atoms with Crippen molar-refractivity contribution >= 4 is 12.4 Å². The summed E-state index contributed by atoms with van der Waals surface area (Å²) in [7, 11) is 0. The summed E-state index contributed by atoms with van der Waals surface area (Å²) in [5.74, 6) is 0.955. The molecule has 3 heteroatoms. The first-order valence-corrected chi connectivity index (χ1v) is 5.76. The van der Waals surface area contributed by atoms with Crippen molar-refractivity contribution in [3.8, 4) is 0 Å². The lowest BCUT2D eigenvalue weighted by molar-refractivity contribution is 0.0626. The van der Waals surface area contributed by atoms with E-state index in [0.29, 0.717) is 0 Å². The van der Waals surface area contributed by atoms with Crippen molar-refractivity contribution < 1.29 is 4.74 Å². The molecule has 0 aliphatic carbocycles. The van der Waals surface area contributed by atoms with E-state index < -0.39 is 0 Å². The van der Waals surface area contributed by atoms with Gasteiger partial charge in [-0.2, -0.15) is 0 Å². The summed E-state index contributed by atoms with van der Waals surface area (Å²) in [5, 5.41) is 3.56. The Labute approximate surface area is 93.2 Å². The molecule has 0 radical (unpaired) electrons. The molecule has 2 heterocycles. The maximum Gasteiger partial charge on any atom is 0.0468 e. The quantitative estimate of drug-likeness (QED) is 0.787. The first-order chi connectivity index (χ1) is 6.45. The third-order valence-corrected chi connectivity index (χ3v) is 3.43. The van der Waals surface area contributed by atoms with Crippen LogP contribution in [0, 0.1) is 5.92 Å². The van der Waals surface area contributed by atoms with Crippen molar-refractivity contribution in [1.29, 1.82) is 0 Å². The Bertz CT molecular complexity index is 142. The number of halogens is 1. The van der Waals surface area contributed by atoms with E-state index in [4.69, 9.17) is 4.74 Å². The lowest BCUT2D eigenvalue weighted by atomic mass is 9.92. The first kappa shape index (κ1) is 12.3. The molecule has 0 aromatic heterocycles. The fourth-order valence-electron chi connectivity index (χ4n) is 2.48. The molecule has 0 amide bonds. The number of nitrogens with one attached hydrogen (secondary N) is 1. The molecule has 2 fully saturated rings. The van der Waals surface area contributed by atoms with Crippen molar-refractivity contribution in [2.24, 2.45) is 5.92 Å². The van der Waals surface area contributed by atoms with Gasteiger partial charge in [-0.25, -0.2) is 0 Å². The number of ether oxygens (including phenoxy) is 1. The Kier molecular flexibility index (Phi) is 5.83. The Morgan fingerprint density at radius 3 is 2.50 bits per heavy atom. The van der Waals surface area contributed by atoms with E-state index in [2.05, 4.69) is 5.32 Å². The average molecular weight is 220 g/mol. The summed E-state index contributed by atoms with van der Waals surface area (Å²) in [4.78, 5) is 0. The van der Waals surface area contributed by atoms with Gasteiger partial charge in [0.15, 0.2) is 0 Å². The third kappa shape index (κ3) is 3.76. The largest absolute Gasteiger partial charge is 0.381 e. The number of hydrogen-bond donors (Lipinski definition) is 1. The van der Waals surface area contributed by atoms with Gasteiger partial charge in [-0.05, 0) is 51.0 Å². The minimum Gasteiger partial charge on any atom is -0.381 e. The lowest BCUT2D eigenvalue weighted by Gasteiger charge is -2.23. The van der Waals surface area contributed by atoms with Crippen LogP contribution in [-0.4, -0.2) is 25.8 Å². The predicted octanol–water partition coefficient (Wildman–Crippen LogP) is 2.37. The van der Waals surface area contributed by atoms with E-state index in [1.165, 1.54) is 45.1 Å². The molecule has 0 aromatic rings. The normalized spacial score (nSPS) is 28.7. The highest BCUT2D eigenvalue weighted by atomic mass is 35.5. The Morgan fingerprint density at radius 1 is 1.07 bits per heavy atom. The monoisotopic (exact) mass is 219 g/mol. The van der Waals surface area contributed by atoms with E-state index in [9.17, 15) is 0 Å². The molecular weight excluding hydrogens is 198 g/mol. The van der Waals surface area contributed by atoms with Crippen LogP contribution in [-0.2, 0) is 4.74 Å². The van der Waals surface area contributed by atoms with Crippen LogP contribution in [0.5, 0.6) is 0 Å². The Hall–Kier alpha value is 0.210. The van der Waals surface area contributed by atoms with E-state index in [0.717, 1.165) is 25.2 Å². The predicted molar refractivity (Wildman–Crippen MR) is 61.0 cm³/mol. The molecule has 2 aliphatic heterocycles.